The average molecular weight is 226 g/mol. The second-order valence-electron chi connectivity index (χ2n) is 7.33. The number of nitrogens with two attached hydrogens (primary N) is 1. The SMILES string of the molecule is C[NH+](C)CC(C)(C)C[NH2+][C@@H]1C[C@@H]2CC[C@H]1C2. The maximum Gasteiger partial charge on any atom is 0.0890 e. The lowest BCUT2D eigenvalue weighted by molar-refractivity contribution is -0.869. The van der Waals surface area contributed by atoms with Gasteiger partial charge in [0, 0.05) is 12.3 Å². The Morgan fingerprint density at radius 1 is 1.19 bits per heavy atom. The third-order valence-corrected chi connectivity index (χ3v) is 4.60. The van der Waals surface area contributed by atoms with Crippen LogP contribution in [0.1, 0.15) is 39.5 Å². The number of rotatable bonds is 5. The molecule has 0 aromatic rings. The summed E-state index contributed by atoms with van der Waals surface area (Å²) in [4.78, 5) is 1.58. The molecule has 2 bridgehead atoms. The molecule has 0 unspecified atom stereocenters. The highest BCUT2D eigenvalue weighted by atomic mass is 15.1. The summed E-state index contributed by atoms with van der Waals surface area (Å²) in [6.45, 7) is 7.43. The fraction of sp³-hybridized carbons (Fsp3) is 1.00. The van der Waals surface area contributed by atoms with E-state index in [0.717, 1.165) is 17.9 Å². The molecule has 0 amide bonds. The molecule has 2 nitrogen and oxygen atoms in total. The van der Waals surface area contributed by atoms with E-state index in [2.05, 4.69) is 33.3 Å². The highest BCUT2D eigenvalue weighted by Gasteiger charge is 2.42. The van der Waals surface area contributed by atoms with Crippen LogP contribution in [0.3, 0.4) is 0 Å². The Balaban J connectivity index is 1.74. The van der Waals surface area contributed by atoms with E-state index in [1.165, 1.54) is 32.4 Å². The molecule has 2 rings (SSSR count). The lowest BCUT2D eigenvalue weighted by Crippen LogP contribution is -3.08. The van der Waals surface area contributed by atoms with Gasteiger partial charge in [-0.15, -0.1) is 0 Å². The average Bonchev–Trinajstić information content (AvgIpc) is 2.73. The third kappa shape index (κ3) is 2.98. The monoisotopic (exact) mass is 226 g/mol. The van der Waals surface area contributed by atoms with Crippen molar-refractivity contribution in [2.45, 2.75) is 45.6 Å². The minimum atomic E-state index is 0.487. The topological polar surface area (TPSA) is 21.1 Å². The highest BCUT2D eigenvalue weighted by Crippen LogP contribution is 2.43. The van der Waals surface area contributed by atoms with Gasteiger partial charge in [0.15, 0.2) is 0 Å². The number of hydrogen-bond acceptors (Lipinski definition) is 0. The van der Waals surface area contributed by atoms with E-state index in [9.17, 15) is 0 Å². The first kappa shape index (κ1) is 12.4. The van der Waals surface area contributed by atoms with Gasteiger partial charge in [0.1, 0.15) is 0 Å². The molecule has 2 fully saturated rings. The maximum absolute atomic E-state index is 2.67. The normalized spacial score (nSPS) is 33.9. The van der Waals surface area contributed by atoms with Gasteiger partial charge in [0.25, 0.3) is 0 Å². The largest absolute Gasteiger partial charge is 0.343 e. The number of quaternary nitrogens is 2. The highest BCUT2D eigenvalue weighted by molar-refractivity contribution is 4.89. The van der Waals surface area contributed by atoms with E-state index in [4.69, 9.17) is 0 Å². The first-order valence-electron chi connectivity index (χ1n) is 7.09. The van der Waals surface area contributed by atoms with E-state index in [0.29, 0.717) is 5.41 Å². The molecule has 0 heterocycles. The molecule has 2 aliphatic rings. The van der Waals surface area contributed by atoms with Crippen molar-refractivity contribution in [2.24, 2.45) is 17.3 Å². The maximum atomic E-state index is 2.67. The fourth-order valence-corrected chi connectivity index (χ4v) is 4.08. The molecule has 2 aliphatic carbocycles. The van der Waals surface area contributed by atoms with Crippen LogP contribution < -0.4 is 10.2 Å². The van der Waals surface area contributed by atoms with Crippen molar-refractivity contribution in [2.75, 3.05) is 27.2 Å². The smallest absolute Gasteiger partial charge is 0.0890 e. The molecule has 0 aromatic carbocycles. The fourth-order valence-electron chi connectivity index (χ4n) is 4.08. The van der Waals surface area contributed by atoms with Gasteiger partial charge in [-0.05, 0) is 39.0 Å². The van der Waals surface area contributed by atoms with E-state index in [1.54, 1.807) is 11.3 Å². The summed E-state index contributed by atoms with van der Waals surface area (Å²) < 4.78 is 0. The second kappa shape index (κ2) is 4.66. The zero-order chi connectivity index (χ0) is 11.8. The van der Waals surface area contributed by atoms with Gasteiger partial charge >= 0.3 is 0 Å². The standard InChI is InChI=1S/C14H28N2/c1-14(2,10-16(3)4)9-15-13-8-11-5-6-12(13)7-11/h11-13,15H,5-10H2,1-4H3/p+2/t11-,12+,13-/m1/s1. The first-order chi connectivity index (χ1) is 7.46. The predicted molar refractivity (Wildman–Crippen MR) is 67.5 cm³/mol. The molecule has 2 saturated carbocycles. The molecule has 3 atom stereocenters. The molecule has 0 saturated heterocycles. The molecule has 94 valence electrons. The van der Waals surface area contributed by atoms with Crippen LogP contribution in [0.4, 0.5) is 0 Å². The summed E-state index contributed by atoms with van der Waals surface area (Å²) >= 11 is 0. The minimum absolute atomic E-state index is 0.487. The lowest BCUT2D eigenvalue weighted by atomic mass is 9.90. The molecule has 0 aliphatic heterocycles. The van der Waals surface area contributed by atoms with Crippen molar-refractivity contribution in [1.82, 2.24) is 0 Å². The van der Waals surface area contributed by atoms with Crippen LogP contribution in [-0.4, -0.2) is 33.2 Å². The summed E-state index contributed by atoms with van der Waals surface area (Å²) in [6, 6.07) is 0.968. The third-order valence-electron chi connectivity index (χ3n) is 4.60. The molecular weight excluding hydrogens is 196 g/mol. The van der Waals surface area contributed by atoms with Gasteiger partial charge in [-0.2, -0.15) is 0 Å². The van der Waals surface area contributed by atoms with E-state index in [1.807, 2.05) is 0 Å². The van der Waals surface area contributed by atoms with Crippen molar-refractivity contribution in [3.63, 3.8) is 0 Å². The van der Waals surface area contributed by atoms with Gasteiger partial charge in [0.2, 0.25) is 0 Å². The Kier molecular flexibility index (Phi) is 3.60. The number of fused-ring (bicyclic) bond motifs is 2. The molecule has 16 heavy (non-hydrogen) atoms. The van der Waals surface area contributed by atoms with Gasteiger partial charge in [-0.3, -0.25) is 0 Å². The molecule has 3 N–H and O–H groups in total. The summed E-state index contributed by atoms with van der Waals surface area (Å²) in [7, 11) is 4.53. The van der Waals surface area contributed by atoms with Crippen molar-refractivity contribution < 1.29 is 10.2 Å². The summed E-state index contributed by atoms with van der Waals surface area (Å²) in [5, 5.41) is 2.67. The van der Waals surface area contributed by atoms with Crippen LogP contribution in [0.25, 0.3) is 0 Å². The molecule has 0 radical (unpaired) electrons. The Morgan fingerprint density at radius 3 is 2.44 bits per heavy atom. The quantitative estimate of drug-likeness (QED) is 0.654. The Morgan fingerprint density at radius 2 is 1.94 bits per heavy atom. The Hall–Kier alpha value is -0.0800. The summed E-state index contributed by atoms with van der Waals surface area (Å²) in [6.07, 6.45) is 6.10. The van der Waals surface area contributed by atoms with E-state index in [-0.39, 0.29) is 0 Å². The molecule has 0 spiro atoms. The van der Waals surface area contributed by atoms with Crippen molar-refractivity contribution in [3.8, 4) is 0 Å². The van der Waals surface area contributed by atoms with Crippen LogP contribution in [0, 0.1) is 17.3 Å². The molecule has 2 heteroatoms. The van der Waals surface area contributed by atoms with Crippen LogP contribution in [0.15, 0.2) is 0 Å². The zero-order valence-corrected chi connectivity index (χ0v) is 11.6. The second-order valence-corrected chi connectivity index (χ2v) is 7.33. The number of hydrogen-bond donors (Lipinski definition) is 2. The minimum Gasteiger partial charge on any atom is -0.343 e. The van der Waals surface area contributed by atoms with E-state index >= 15 is 0 Å². The van der Waals surface area contributed by atoms with Crippen LogP contribution in [0.2, 0.25) is 0 Å². The summed E-state index contributed by atoms with van der Waals surface area (Å²) in [5.74, 6) is 2.15. The van der Waals surface area contributed by atoms with Crippen LogP contribution in [-0.2, 0) is 0 Å². The first-order valence-corrected chi connectivity index (χ1v) is 7.09. The zero-order valence-electron chi connectivity index (χ0n) is 11.6. The van der Waals surface area contributed by atoms with Crippen molar-refractivity contribution >= 4 is 0 Å². The summed E-state index contributed by atoms with van der Waals surface area (Å²) in [5.41, 5.74) is 0.487. The molecular formula is C14H30N2+2. The Labute approximate surface area is 101 Å². The lowest BCUT2D eigenvalue weighted by Gasteiger charge is -2.28. The van der Waals surface area contributed by atoms with Gasteiger partial charge < -0.3 is 10.2 Å². The predicted octanol–water partition coefficient (Wildman–Crippen LogP) is -0.0909. The van der Waals surface area contributed by atoms with Crippen LogP contribution >= 0.6 is 0 Å². The van der Waals surface area contributed by atoms with Crippen molar-refractivity contribution in [1.29, 1.82) is 0 Å². The Bertz CT molecular complexity index is 235. The molecule has 0 aromatic heterocycles. The van der Waals surface area contributed by atoms with Gasteiger partial charge in [0.05, 0.1) is 38.6 Å². The van der Waals surface area contributed by atoms with E-state index < -0.39 is 0 Å². The van der Waals surface area contributed by atoms with Gasteiger partial charge in [-0.1, -0.05) is 0 Å². The van der Waals surface area contributed by atoms with Crippen molar-refractivity contribution in [3.05, 3.63) is 0 Å². The van der Waals surface area contributed by atoms with Crippen LogP contribution in [0.5, 0.6) is 0 Å². The number of nitrogens with one attached hydrogen (secondary N) is 1. The van der Waals surface area contributed by atoms with Gasteiger partial charge in [-0.25, -0.2) is 0 Å².